The fourth-order valence-corrected chi connectivity index (χ4v) is 2.34. The van der Waals surface area contributed by atoms with Crippen molar-refractivity contribution in [1.29, 1.82) is 0 Å². The van der Waals surface area contributed by atoms with Crippen LogP contribution in [0.5, 0.6) is 5.75 Å². The molecule has 0 heterocycles. The zero-order valence-electron chi connectivity index (χ0n) is 14.3. The number of halogens is 2. The van der Waals surface area contributed by atoms with Crippen LogP contribution in [0, 0.1) is 18.6 Å². The predicted molar refractivity (Wildman–Crippen MR) is 90.1 cm³/mol. The van der Waals surface area contributed by atoms with E-state index < -0.39 is 23.1 Å². The van der Waals surface area contributed by atoms with E-state index in [9.17, 15) is 18.4 Å². The maximum Gasteiger partial charge on any atom is 0.262 e. The number of amides is 2. The number of methoxy groups -OCH3 is 1. The van der Waals surface area contributed by atoms with Crippen molar-refractivity contribution < 1.29 is 23.1 Å². The molecule has 2 aromatic rings. The minimum absolute atomic E-state index is 0.0884. The van der Waals surface area contributed by atoms with E-state index in [-0.39, 0.29) is 11.7 Å². The lowest BCUT2D eigenvalue weighted by Crippen LogP contribution is -2.23. The Morgan fingerprint density at radius 1 is 1.12 bits per heavy atom. The molecule has 0 bridgehead atoms. The topological polar surface area (TPSA) is 58.6 Å². The molecule has 0 aromatic heterocycles. The van der Waals surface area contributed by atoms with Crippen LogP contribution in [-0.4, -0.2) is 37.9 Å². The van der Waals surface area contributed by atoms with Gasteiger partial charge in [-0.15, -0.1) is 0 Å². The van der Waals surface area contributed by atoms with E-state index >= 15 is 0 Å². The highest BCUT2D eigenvalue weighted by Crippen LogP contribution is 2.26. The summed E-state index contributed by atoms with van der Waals surface area (Å²) in [6.07, 6.45) is 0. The molecule has 0 aliphatic heterocycles. The standard InChI is InChI=1S/C18H18F2N2O3/c1-10-11(18(24)22(2)3)6-5-7-13(10)21-17(23)15-14(25-4)9-8-12(19)16(15)20/h5-9H,1-4H3,(H,21,23). The quantitative estimate of drug-likeness (QED) is 0.923. The Labute approximate surface area is 144 Å². The molecule has 1 N–H and O–H groups in total. The molecule has 0 radical (unpaired) electrons. The van der Waals surface area contributed by atoms with Crippen LogP contribution in [0.4, 0.5) is 14.5 Å². The second-order valence-electron chi connectivity index (χ2n) is 5.57. The molecule has 5 nitrogen and oxygen atoms in total. The van der Waals surface area contributed by atoms with Crippen molar-refractivity contribution in [2.45, 2.75) is 6.92 Å². The SMILES string of the molecule is COc1ccc(F)c(F)c1C(=O)Nc1cccc(C(=O)N(C)C)c1C. The van der Waals surface area contributed by atoms with Gasteiger partial charge in [-0.25, -0.2) is 8.78 Å². The van der Waals surface area contributed by atoms with Crippen molar-refractivity contribution in [3.63, 3.8) is 0 Å². The monoisotopic (exact) mass is 348 g/mol. The molecule has 0 fully saturated rings. The first-order valence-corrected chi connectivity index (χ1v) is 7.42. The van der Waals surface area contributed by atoms with E-state index in [0.717, 1.165) is 6.07 Å². The average Bonchev–Trinajstić information content (AvgIpc) is 2.58. The van der Waals surface area contributed by atoms with Gasteiger partial charge in [-0.2, -0.15) is 0 Å². The van der Waals surface area contributed by atoms with Crippen LogP contribution in [0.2, 0.25) is 0 Å². The summed E-state index contributed by atoms with van der Waals surface area (Å²) in [5, 5.41) is 2.51. The first-order chi connectivity index (χ1) is 11.8. The first-order valence-electron chi connectivity index (χ1n) is 7.42. The van der Waals surface area contributed by atoms with E-state index in [1.54, 1.807) is 39.2 Å². The molecule has 2 rings (SSSR count). The van der Waals surface area contributed by atoms with E-state index in [0.29, 0.717) is 16.8 Å². The Bertz CT molecular complexity index is 835. The maximum absolute atomic E-state index is 14.0. The van der Waals surface area contributed by atoms with Crippen LogP contribution in [0.3, 0.4) is 0 Å². The maximum atomic E-state index is 14.0. The van der Waals surface area contributed by atoms with Gasteiger partial charge in [-0.1, -0.05) is 6.07 Å². The van der Waals surface area contributed by atoms with Gasteiger partial charge in [0.05, 0.1) is 7.11 Å². The van der Waals surface area contributed by atoms with Crippen LogP contribution in [0.15, 0.2) is 30.3 Å². The third-order valence-corrected chi connectivity index (χ3v) is 3.72. The molecule has 0 atom stereocenters. The summed E-state index contributed by atoms with van der Waals surface area (Å²) in [6.45, 7) is 1.66. The van der Waals surface area contributed by atoms with Crippen molar-refractivity contribution >= 4 is 17.5 Å². The number of ether oxygens (including phenoxy) is 1. The number of hydrogen-bond acceptors (Lipinski definition) is 3. The van der Waals surface area contributed by atoms with Gasteiger partial charge in [0, 0.05) is 25.3 Å². The average molecular weight is 348 g/mol. The summed E-state index contributed by atoms with van der Waals surface area (Å²) in [5.74, 6) is -3.64. The molecule has 2 aromatic carbocycles. The third kappa shape index (κ3) is 3.60. The minimum atomic E-state index is -1.30. The van der Waals surface area contributed by atoms with Crippen molar-refractivity contribution in [3.8, 4) is 5.75 Å². The fraction of sp³-hybridized carbons (Fsp3) is 0.222. The van der Waals surface area contributed by atoms with E-state index in [4.69, 9.17) is 4.74 Å². The van der Waals surface area contributed by atoms with Crippen molar-refractivity contribution in [3.05, 3.63) is 58.7 Å². The zero-order valence-corrected chi connectivity index (χ0v) is 14.3. The molecule has 0 unspecified atom stereocenters. The molecule has 2 amide bonds. The second kappa shape index (κ2) is 7.29. The van der Waals surface area contributed by atoms with Gasteiger partial charge in [0.2, 0.25) is 0 Å². The van der Waals surface area contributed by atoms with E-state index in [2.05, 4.69) is 5.32 Å². The van der Waals surface area contributed by atoms with Crippen LogP contribution in [0.25, 0.3) is 0 Å². The normalized spacial score (nSPS) is 10.3. The minimum Gasteiger partial charge on any atom is -0.496 e. The van der Waals surface area contributed by atoms with Crippen molar-refractivity contribution in [2.75, 3.05) is 26.5 Å². The van der Waals surface area contributed by atoms with Gasteiger partial charge >= 0.3 is 0 Å². The Kier molecular flexibility index (Phi) is 5.36. The first kappa shape index (κ1) is 18.4. The van der Waals surface area contributed by atoms with Crippen LogP contribution in [-0.2, 0) is 0 Å². The molecule has 0 saturated carbocycles. The van der Waals surface area contributed by atoms with Gasteiger partial charge in [0.25, 0.3) is 11.8 Å². The summed E-state index contributed by atoms with van der Waals surface area (Å²) < 4.78 is 32.4. The zero-order chi connectivity index (χ0) is 18.7. The van der Waals surface area contributed by atoms with Gasteiger partial charge in [0.1, 0.15) is 11.3 Å². The molecule has 25 heavy (non-hydrogen) atoms. The molecule has 0 aliphatic rings. The van der Waals surface area contributed by atoms with Gasteiger partial charge < -0.3 is 15.0 Å². The molecular formula is C18H18F2N2O3. The molecule has 0 spiro atoms. The number of anilines is 1. The Morgan fingerprint density at radius 2 is 1.80 bits per heavy atom. The van der Waals surface area contributed by atoms with E-state index in [1.807, 2.05) is 0 Å². The number of carbonyl (C=O) groups excluding carboxylic acids is 2. The van der Waals surface area contributed by atoms with Crippen LogP contribution < -0.4 is 10.1 Å². The lowest BCUT2D eigenvalue weighted by Gasteiger charge is -2.16. The van der Waals surface area contributed by atoms with Gasteiger partial charge in [0.15, 0.2) is 11.6 Å². The second-order valence-corrected chi connectivity index (χ2v) is 5.57. The predicted octanol–water partition coefficient (Wildman–Crippen LogP) is 3.24. The lowest BCUT2D eigenvalue weighted by molar-refractivity contribution is 0.0826. The Morgan fingerprint density at radius 3 is 2.40 bits per heavy atom. The highest BCUT2D eigenvalue weighted by atomic mass is 19.2. The third-order valence-electron chi connectivity index (χ3n) is 3.72. The largest absolute Gasteiger partial charge is 0.496 e. The number of nitrogens with one attached hydrogen (secondary N) is 1. The summed E-state index contributed by atoms with van der Waals surface area (Å²) >= 11 is 0. The van der Waals surface area contributed by atoms with Gasteiger partial charge in [-0.3, -0.25) is 9.59 Å². The van der Waals surface area contributed by atoms with E-state index in [1.165, 1.54) is 18.1 Å². The van der Waals surface area contributed by atoms with Crippen molar-refractivity contribution in [1.82, 2.24) is 4.90 Å². The number of rotatable bonds is 4. The Hall–Kier alpha value is -2.96. The number of carbonyl (C=O) groups is 2. The summed E-state index contributed by atoms with van der Waals surface area (Å²) in [7, 11) is 4.48. The highest BCUT2D eigenvalue weighted by molar-refractivity contribution is 6.07. The molecular weight excluding hydrogens is 330 g/mol. The number of nitrogens with zero attached hydrogens (tertiary/aromatic N) is 1. The number of hydrogen-bond donors (Lipinski definition) is 1. The number of benzene rings is 2. The van der Waals surface area contributed by atoms with Gasteiger partial charge in [-0.05, 0) is 36.8 Å². The molecule has 132 valence electrons. The highest BCUT2D eigenvalue weighted by Gasteiger charge is 2.22. The Balaban J connectivity index is 2.42. The summed E-state index contributed by atoms with van der Waals surface area (Å²) in [6, 6.07) is 6.84. The van der Waals surface area contributed by atoms with Crippen molar-refractivity contribution in [2.24, 2.45) is 0 Å². The smallest absolute Gasteiger partial charge is 0.262 e. The molecule has 0 aliphatic carbocycles. The molecule has 0 saturated heterocycles. The fourth-order valence-electron chi connectivity index (χ4n) is 2.34. The summed E-state index contributed by atoms with van der Waals surface area (Å²) in [4.78, 5) is 26.0. The molecule has 7 heteroatoms. The van der Waals surface area contributed by atoms with Crippen LogP contribution in [0.1, 0.15) is 26.3 Å². The summed E-state index contributed by atoms with van der Waals surface area (Å²) in [5.41, 5.74) is 0.703. The van der Waals surface area contributed by atoms with Crippen LogP contribution >= 0.6 is 0 Å². The lowest BCUT2D eigenvalue weighted by atomic mass is 10.0.